The molecule has 0 aromatic carbocycles. The van der Waals surface area contributed by atoms with Crippen LogP contribution in [0.3, 0.4) is 0 Å². The number of nitrogens with one attached hydrogen (secondary N) is 2. The average Bonchev–Trinajstić information content (AvgIpc) is 2.83. The van der Waals surface area contributed by atoms with Crippen LogP contribution in [0, 0.1) is 0 Å². The van der Waals surface area contributed by atoms with Gasteiger partial charge in [0.2, 0.25) is 5.91 Å². The van der Waals surface area contributed by atoms with Crippen LogP contribution < -0.4 is 5.32 Å². The fourth-order valence-electron chi connectivity index (χ4n) is 2.08. The first kappa shape index (κ1) is 11.9. The lowest BCUT2D eigenvalue weighted by molar-refractivity contribution is -0.115. The predicted octanol–water partition coefficient (Wildman–Crippen LogP) is 1.06. The number of aromatic amines is 1. The van der Waals surface area contributed by atoms with Gasteiger partial charge in [-0.3, -0.25) is 14.9 Å². The van der Waals surface area contributed by atoms with Gasteiger partial charge in [0, 0.05) is 30.1 Å². The molecule has 19 heavy (non-hydrogen) atoms. The normalized spacial score (nSPS) is 13.9. The van der Waals surface area contributed by atoms with Crippen molar-refractivity contribution in [2.75, 3.05) is 11.9 Å². The first-order chi connectivity index (χ1) is 9.33. The van der Waals surface area contributed by atoms with Gasteiger partial charge in [0.25, 0.3) is 0 Å². The maximum atomic E-state index is 11.9. The number of aromatic nitrogens is 3. The van der Waals surface area contributed by atoms with Crippen molar-refractivity contribution in [3.05, 3.63) is 41.3 Å². The second-order valence-corrected chi connectivity index (χ2v) is 4.42. The SMILES string of the molecule is O=C(Cc1cccnc1)Nc1n[nH]c2c1COCC2. The van der Waals surface area contributed by atoms with E-state index in [2.05, 4.69) is 20.5 Å². The molecule has 0 aliphatic carbocycles. The van der Waals surface area contributed by atoms with Gasteiger partial charge in [-0.05, 0) is 11.6 Å². The minimum Gasteiger partial charge on any atom is -0.376 e. The fraction of sp³-hybridized carbons (Fsp3) is 0.308. The quantitative estimate of drug-likeness (QED) is 0.862. The Morgan fingerprint density at radius 2 is 2.47 bits per heavy atom. The van der Waals surface area contributed by atoms with Crippen molar-refractivity contribution >= 4 is 11.7 Å². The van der Waals surface area contributed by atoms with Gasteiger partial charge in [0.1, 0.15) is 0 Å². The summed E-state index contributed by atoms with van der Waals surface area (Å²) in [6.07, 6.45) is 4.46. The highest BCUT2D eigenvalue weighted by Gasteiger charge is 2.18. The van der Waals surface area contributed by atoms with Crippen LogP contribution in [0.1, 0.15) is 16.8 Å². The zero-order valence-electron chi connectivity index (χ0n) is 10.3. The molecule has 0 saturated heterocycles. The van der Waals surface area contributed by atoms with Crippen molar-refractivity contribution in [3.8, 4) is 0 Å². The van der Waals surface area contributed by atoms with Crippen molar-refractivity contribution in [2.45, 2.75) is 19.4 Å². The molecular weight excluding hydrogens is 244 g/mol. The van der Waals surface area contributed by atoms with E-state index in [0.717, 1.165) is 23.2 Å². The number of fused-ring (bicyclic) bond motifs is 1. The Hall–Kier alpha value is -2.21. The van der Waals surface area contributed by atoms with Crippen molar-refractivity contribution < 1.29 is 9.53 Å². The van der Waals surface area contributed by atoms with Crippen LogP contribution in [-0.2, 0) is 29.0 Å². The largest absolute Gasteiger partial charge is 0.376 e. The zero-order valence-corrected chi connectivity index (χ0v) is 10.3. The van der Waals surface area contributed by atoms with Gasteiger partial charge < -0.3 is 10.1 Å². The summed E-state index contributed by atoms with van der Waals surface area (Å²) in [5, 5.41) is 9.87. The van der Waals surface area contributed by atoms with Gasteiger partial charge in [-0.1, -0.05) is 6.07 Å². The molecule has 0 spiro atoms. The van der Waals surface area contributed by atoms with Crippen LogP contribution in [0.4, 0.5) is 5.82 Å². The minimum atomic E-state index is -0.104. The molecule has 0 atom stereocenters. The molecule has 1 aliphatic rings. The van der Waals surface area contributed by atoms with Crippen LogP contribution in [0.15, 0.2) is 24.5 Å². The second-order valence-electron chi connectivity index (χ2n) is 4.42. The predicted molar refractivity (Wildman–Crippen MR) is 68.5 cm³/mol. The summed E-state index contributed by atoms with van der Waals surface area (Å²) < 4.78 is 5.37. The van der Waals surface area contributed by atoms with Crippen molar-refractivity contribution in [1.29, 1.82) is 0 Å². The maximum Gasteiger partial charge on any atom is 0.230 e. The number of rotatable bonds is 3. The molecule has 98 valence electrons. The Morgan fingerprint density at radius 1 is 1.53 bits per heavy atom. The van der Waals surface area contributed by atoms with E-state index in [1.165, 1.54) is 0 Å². The van der Waals surface area contributed by atoms with Gasteiger partial charge in [-0.15, -0.1) is 0 Å². The lowest BCUT2D eigenvalue weighted by Gasteiger charge is -2.12. The number of nitrogens with zero attached hydrogens (tertiary/aromatic N) is 2. The van der Waals surface area contributed by atoms with E-state index in [1.807, 2.05) is 12.1 Å². The lowest BCUT2D eigenvalue weighted by atomic mass is 10.1. The van der Waals surface area contributed by atoms with Gasteiger partial charge in [-0.25, -0.2) is 0 Å². The van der Waals surface area contributed by atoms with E-state index in [-0.39, 0.29) is 12.3 Å². The molecule has 0 saturated carbocycles. The number of amides is 1. The van der Waals surface area contributed by atoms with E-state index in [0.29, 0.717) is 19.0 Å². The van der Waals surface area contributed by atoms with E-state index in [9.17, 15) is 4.79 Å². The molecule has 3 heterocycles. The Labute approximate surface area is 110 Å². The third kappa shape index (κ3) is 2.63. The summed E-state index contributed by atoms with van der Waals surface area (Å²) in [4.78, 5) is 15.9. The number of carbonyl (C=O) groups is 1. The van der Waals surface area contributed by atoms with Crippen molar-refractivity contribution in [3.63, 3.8) is 0 Å². The van der Waals surface area contributed by atoms with Crippen molar-refractivity contribution in [2.24, 2.45) is 0 Å². The highest BCUT2D eigenvalue weighted by molar-refractivity contribution is 5.92. The van der Waals surface area contributed by atoms with Crippen LogP contribution in [0.2, 0.25) is 0 Å². The van der Waals surface area contributed by atoms with Crippen LogP contribution in [-0.4, -0.2) is 27.7 Å². The fourth-order valence-corrected chi connectivity index (χ4v) is 2.08. The number of H-pyrrole nitrogens is 1. The standard InChI is InChI=1S/C13H14N4O2/c18-12(6-9-2-1-4-14-7-9)15-13-10-8-19-5-3-11(10)16-17-13/h1-2,4,7H,3,5-6,8H2,(H2,15,16,17,18). The Bertz CT molecular complexity index is 580. The van der Waals surface area contributed by atoms with Gasteiger partial charge in [0.15, 0.2) is 5.82 Å². The molecule has 0 radical (unpaired) electrons. The second kappa shape index (κ2) is 5.19. The number of carbonyl (C=O) groups excluding carboxylic acids is 1. The molecule has 6 heteroatoms. The molecule has 1 aliphatic heterocycles. The Kier molecular flexibility index (Phi) is 3.24. The third-order valence-corrected chi connectivity index (χ3v) is 3.04. The molecule has 3 rings (SSSR count). The van der Waals surface area contributed by atoms with Gasteiger partial charge in [-0.2, -0.15) is 5.10 Å². The highest BCUT2D eigenvalue weighted by atomic mass is 16.5. The van der Waals surface area contributed by atoms with Crippen LogP contribution in [0.5, 0.6) is 0 Å². The van der Waals surface area contributed by atoms with Gasteiger partial charge in [0.05, 0.1) is 19.6 Å². The molecule has 0 bridgehead atoms. The summed E-state index contributed by atoms with van der Waals surface area (Å²) in [5.41, 5.74) is 2.87. The first-order valence-corrected chi connectivity index (χ1v) is 6.15. The average molecular weight is 258 g/mol. The van der Waals surface area contributed by atoms with E-state index >= 15 is 0 Å². The summed E-state index contributed by atoms with van der Waals surface area (Å²) in [5.74, 6) is 0.469. The number of anilines is 1. The highest BCUT2D eigenvalue weighted by Crippen LogP contribution is 2.22. The molecule has 2 aromatic heterocycles. The van der Waals surface area contributed by atoms with Crippen LogP contribution in [0.25, 0.3) is 0 Å². The summed E-state index contributed by atoms with van der Waals surface area (Å²) in [6.45, 7) is 1.19. The third-order valence-electron chi connectivity index (χ3n) is 3.04. The number of ether oxygens (including phenoxy) is 1. The van der Waals surface area contributed by atoms with Crippen LogP contribution >= 0.6 is 0 Å². The first-order valence-electron chi connectivity index (χ1n) is 6.15. The van der Waals surface area contributed by atoms with Gasteiger partial charge >= 0.3 is 0 Å². The minimum absolute atomic E-state index is 0.104. The molecule has 6 nitrogen and oxygen atoms in total. The van der Waals surface area contributed by atoms with E-state index in [1.54, 1.807) is 12.4 Å². The summed E-state index contributed by atoms with van der Waals surface area (Å²) in [6, 6.07) is 3.68. The Morgan fingerprint density at radius 3 is 3.32 bits per heavy atom. The number of hydrogen-bond donors (Lipinski definition) is 2. The lowest BCUT2D eigenvalue weighted by Crippen LogP contribution is -2.17. The topological polar surface area (TPSA) is 79.9 Å². The maximum absolute atomic E-state index is 11.9. The zero-order chi connectivity index (χ0) is 13.1. The molecule has 2 N–H and O–H groups in total. The monoisotopic (exact) mass is 258 g/mol. The smallest absolute Gasteiger partial charge is 0.230 e. The molecular formula is C13H14N4O2. The summed E-state index contributed by atoms with van der Waals surface area (Å²) in [7, 11) is 0. The number of hydrogen-bond acceptors (Lipinski definition) is 4. The molecule has 0 fully saturated rings. The van der Waals surface area contributed by atoms with E-state index < -0.39 is 0 Å². The molecule has 0 unspecified atom stereocenters. The number of pyridine rings is 1. The molecule has 2 aromatic rings. The van der Waals surface area contributed by atoms with E-state index in [4.69, 9.17) is 4.74 Å². The summed E-state index contributed by atoms with van der Waals surface area (Å²) >= 11 is 0. The Balaban J connectivity index is 1.68. The van der Waals surface area contributed by atoms with Crippen molar-refractivity contribution in [1.82, 2.24) is 15.2 Å². The molecule has 1 amide bonds.